The van der Waals surface area contributed by atoms with Crippen LogP contribution in [0.5, 0.6) is 0 Å². The second-order valence-electron chi connectivity index (χ2n) is 5.01. The zero-order valence-corrected chi connectivity index (χ0v) is 12.8. The standard InChI is InChI=1S/C14H17BrN2O3/c1-9-4-5-11(15)7-12(9)16-14(20)17-6-2-3-10(8-17)13(18)19/h4-5,7,10H,2-3,6,8H2,1H3,(H,16,20)(H,18,19)/t10-/m0/s1. The Morgan fingerprint density at radius 3 is 2.90 bits per heavy atom. The zero-order valence-electron chi connectivity index (χ0n) is 11.2. The smallest absolute Gasteiger partial charge is 0.321 e. The molecule has 1 fully saturated rings. The van der Waals surface area contributed by atoms with Gasteiger partial charge in [0.05, 0.1) is 5.92 Å². The summed E-state index contributed by atoms with van der Waals surface area (Å²) >= 11 is 3.37. The highest BCUT2D eigenvalue weighted by molar-refractivity contribution is 9.10. The molecule has 108 valence electrons. The number of rotatable bonds is 2. The number of halogens is 1. The fourth-order valence-corrected chi connectivity index (χ4v) is 2.65. The molecule has 0 aliphatic carbocycles. The molecule has 6 heteroatoms. The number of anilines is 1. The van der Waals surface area contributed by atoms with Crippen LogP contribution >= 0.6 is 15.9 Å². The summed E-state index contributed by atoms with van der Waals surface area (Å²) in [6.45, 7) is 2.79. The largest absolute Gasteiger partial charge is 0.481 e. The second-order valence-corrected chi connectivity index (χ2v) is 5.93. The number of carboxylic acid groups (broad SMARTS) is 1. The van der Waals surface area contributed by atoms with Crippen molar-refractivity contribution < 1.29 is 14.7 Å². The van der Waals surface area contributed by atoms with Crippen molar-refractivity contribution in [1.82, 2.24) is 4.90 Å². The van der Waals surface area contributed by atoms with Crippen LogP contribution < -0.4 is 5.32 Å². The molecular weight excluding hydrogens is 324 g/mol. The third-order valence-corrected chi connectivity index (χ3v) is 3.99. The van der Waals surface area contributed by atoms with Gasteiger partial charge in [0.2, 0.25) is 0 Å². The molecule has 0 bridgehead atoms. The van der Waals surface area contributed by atoms with Crippen LogP contribution in [0.4, 0.5) is 10.5 Å². The third-order valence-electron chi connectivity index (χ3n) is 3.50. The van der Waals surface area contributed by atoms with Crippen LogP contribution in [0, 0.1) is 12.8 Å². The molecule has 5 nitrogen and oxygen atoms in total. The van der Waals surface area contributed by atoms with E-state index in [1.165, 1.54) is 0 Å². The van der Waals surface area contributed by atoms with E-state index in [0.29, 0.717) is 13.0 Å². The van der Waals surface area contributed by atoms with Crippen LogP contribution in [0.25, 0.3) is 0 Å². The van der Waals surface area contributed by atoms with Crippen molar-refractivity contribution in [1.29, 1.82) is 0 Å². The van der Waals surface area contributed by atoms with E-state index in [4.69, 9.17) is 5.11 Å². The van der Waals surface area contributed by atoms with Crippen LogP contribution in [0.3, 0.4) is 0 Å². The van der Waals surface area contributed by atoms with Crippen LogP contribution in [-0.2, 0) is 4.79 Å². The van der Waals surface area contributed by atoms with Crippen molar-refractivity contribution in [2.45, 2.75) is 19.8 Å². The Morgan fingerprint density at radius 2 is 2.20 bits per heavy atom. The first-order valence-corrected chi connectivity index (χ1v) is 7.31. The normalized spacial score (nSPS) is 18.7. The zero-order chi connectivity index (χ0) is 14.7. The van der Waals surface area contributed by atoms with Gasteiger partial charge in [-0.3, -0.25) is 4.79 Å². The third kappa shape index (κ3) is 3.50. The second kappa shape index (κ2) is 6.26. The lowest BCUT2D eigenvalue weighted by Gasteiger charge is -2.30. The van der Waals surface area contributed by atoms with E-state index in [9.17, 15) is 9.59 Å². The van der Waals surface area contributed by atoms with Gasteiger partial charge in [0.1, 0.15) is 0 Å². The Labute approximate surface area is 126 Å². The molecule has 0 spiro atoms. The number of carbonyl (C=O) groups is 2. The van der Waals surface area contributed by atoms with Gasteiger partial charge in [-0.15, -0.1) is 0 Å². The minimum Gasteiger partial charge on any atom is -0.481 e. The summed E-state index contributed by atoms with van der Waals surface area (Å²) in [7, 11) is 0. The summed E-state index contributed by atoms with van der Waals surface area (Å²) in [5, 5.41) is 11.9. The summed E-state index contributed by atoms with van der Waals surface area (Å²) in [5.74, 6) is -1.29. The minimum atomic E-state index is -0.832. The van der Waals surface area contributed by atoms with Gasteiger partial charge in [-0.05, 0) is 37.5 Å². The first-order chi connectivity index (χ1) is 9.47. The number of piperidine rings is 1. The monoisotopic (exact) mass is 340 g/mol. The number of nitrogens with one attached hydrogen (secondary N) is 1. The van der Waals surface area contributed by atoms with Gasteiger partial charge in [0.15, 0.2) is 0 Å². The highest BCUT2D eigenvalue weighted by Crippen LogP contribution is 2.22. The van der Waals surface area contributed by atoms with Crippen molar-refractivity contribution >= 4 is 33.6 Å². The minimum absolute atomic E-state index is 0.239. The predicted octanol–water partition coefficient (Wildman–Crippen LogP) is 3.09. The number of hydrogen-bond acceptors (Lipinski definition) is 2. The SMILES string of the molecule is Cc1ccc(Br)cc1NC(=O)N1CCC[C@H](C(=O)O)C1. The van der Waals surface area contributed by atoms with Gasteiger partial charge in [0, 0.05) is 23.2 Å². The van der Waals surface area contributed by atoms with Crippen molar-refractivity contribution in [2.75, 3.05) is 18.4 Å². The number of nitrogens with zero attached hydrogens (tertiary/aromatic N) is 1. The maximum Gasteiger partial charge on any atom is 0.321 e. The number of aliphatic carboxylic acids is 1. The molecule has 0 saturated carbocycles. The number of amides is 2. The fourth-order valence-electron chi connectivity index (χ4n) is 2.29. The molecule has 1 aromatic rings. The van der Waals surface area contributed by atoms with Gasteiger partial charge in [-0.2, -0.15) is 0 Å². The summed E-state index contributed by atoms with van der Waals surface area (Å²) in [6, 6.07) is 5.42. The quantitative estimate of drug-likeness (QED) is 0.869. The van der Waals surface area contributed by atoms with Gasteiger partial charge in [0.25, 0.3) is 0 Å². The molecule has 1 aliphatic heterocycles. The molecule has 0 unspecified atom stereocenters. The van der Waals surface area contributed by atoms with E-state index in [1.54, 1.807) is 4.90 Å². The topological polar surface area (TPSA) is 69.6 Å². The number of carboxylic acids is 1. The molecule has 0 aromatic heterocycles. The Morgan fingerprint density at radius 1 is 1.45 bits per heavy atom. The van der Waals surface area contributed by atoms with Crippen LogP contribution in [-0.4, -0.2) is 35.1 Å². The first kappa shape index (κ1) is 14.8. The van der Waals surface area contributed by atoms with E-state index in [0.717, 1.165) is 22.1 Å². The van der Waals surface area contributed by atoms with E-state index in [2.05, 4.69) is 21.2 Å². The molecule has 2 N–H and O–H groups in total. The predicted molar refractivity (Wildman–Crippen MR) is 79.8 cm³/mol. The van der Waals surface area contributed by atoms with Crippen molar-refractivity contribution in [3.05, 3.63) is 28.2 Å². The lowest BCUT2D eigenvalue weighted by atomic mass is 9.99. The number of hydrogen-bond donors (Lipinski definition) is 2. The summed E-state index contributed by atoms with van der Waals surface area (Å²) < 4.78 is 0.889. The highest BCUT2D eigenvalue weighted by Gasteiger charge is 2.28. The van der Waals surface area contributed by atoms with Crippen LogP contribution in [0.1, 0.15) is 18.4 Å². The summed E-state index contributed by atoms with van der Waals surface area (Å²) in [5.41, 5.74) is 1.70. The Bertz CT molecular complexity index is 533. The molecule has 1 aromatic carbocycles. The maximum atomic E-state index is 12.2. The molecule has 20 heavy (non-hydrogen) atoms. The number of aryl methyl sites for hydroxylation is 1. The van der Waals surface area contributed by atoms with Crippen LogP contribution in [0.15, 0.2) is 22.7 Å². The summed E-state index contributed by atoms with van der Waals surface area (Å²) in [6.07, 6.45) is 1.36. The van der Waals surface area contributed by atoms with Gasteiger partial charge in [-0.1, -0.05) is 22.0 Å². The van der Waals surface area contributed by atoms with Gasteiger partial charge < -0.3 is 15.3 Å². The van der Waals surface area contributed by atoms with E-state index >= 15 is 0 Å². The number of benzene rings is 1. The highest BCUT2D eigenvalue weighted by atomic mass is 79.9. The first-order valence-electron chi connectivity index (χ1n) is 6.52. The average molecular weight is 341 g/mol. The molecule has 1 heterocycles. The van der Waals surface area contributed by atoms with Crippen molar-refractivity contribution in [3.8, 4) is 0 Å². The molecule has 1 saturated heterocycles. The molecule has 1 aliphatic rings. The fraction of sp³-hybridized carbons (Fsp3) is 0.429. The van der Waals surface area contributed by atoms with Crippen molar-refractivity contribution in [2.24, 2.45) is 5.92 Å². The molecule has 2 amide bonds. The molecule has 1 atom stereocenters. The summed E-state index contributed by atoms with van der Waals surface area (Å²) in [4.78, 5) is 24.8. The molecule has 2 rings (SSSR count). The number of likely N-dealkylation sites (tertiary alicyclic amines) is 1. The lowest BCUT2D eigenvalue weighted by molar-refractivity contribution is -0.143. The van der Waals surface area contributed by atoms with E-state index in [-0.39, 0.29) is 12.6 Å². The lowest BCUT2D eigenvalue weighted by Crippen LogP contribution is -2.44. The average Bonchev–Trinajstić information content (AvgIpc) is 2.43. The van der Waals surface area contributed by atoms with E-state index in [1.807, 2.05) is 25.1 Å². The Hall–Kier alpha value is -1.56. The number of urea groups is 1. The van der Waals surface area contributed by atoms with Gasteiger partial charge in [-0.25, -0.2) is 4.79 Å². The van der Waals surface area contributed by atoms with Crippen LogP contribution in [0.2, 0.25) is 0 Å². The van der Waals surface area contributed by atoms with E-state index < -0.39 is 11.9 Å². The number of carbonyl (C=O) groups excluding carboxylic acids is 1. The maximum absolute atomic E-state index is 12.2. The van der Waals surface area contributed by atoms with Crippen molar-refractivity contribution in [3.63, 3.8) is 0 Å². The molecular formula is C14H17BrN2O3. The van der Waals surface area contributed by atoms with Gasteiger partial charge >= 0.3 is 12.0 Å². The Balaban J connectivity index is 2.04. The Kier molecular flexibility index (Phi) is 4.65. The molecule has 0 radical (unpaired) electrons.